The van der Waals surface area contributed by atoms with Crippen molar-refractivity contribution in [2.24, 2.45) is 4.99 Å². The molecule has 1 aromatic carbocycles. The highest BCUT2D eigenvalue weighted by Gasteiger charge is 2.24. The first-order chi connectivity index (χ1) is 9.15. The van der Waals surface area contributed by atoms with Crippen LogP contribution in [-0.4, -0.2) is 29.9 Å². The molecule has 0 spiro atoms. The fourth-order valence-corrected chi connectivity index (χ4v) is 2.38. The van der Waals surface area contributed by atoms with Gasteiger partial charge in [-0.2, -0.15) is 0 Å². The Hall–Kier alpha value is -1.71. The summed E-state index contributed by atoms with van der Waals surface area (Å²) in [6.07, 6.45) is 2.20. The number of rotatable bonds is 4. The molecule has 19 heavy (non-hydrogen) atoms. The maximum absolute atomic E-state index is 5.95. The zero-order valence-corrected chi connectivity index (χ0v) is 12.0. The summed E-state index contributed by atoms with van der Waals surface area (Å²) >= 11 is 0. The highest BCUT2D eigenvalue weighted by molar-refractivity contribution is 5.91. The zero-order chi connectivity index (χ0) is 13.8. The Labute approximate surface area is 115 Å². The van der Waals surface area contributed by atoms with E-state index in [4.69, 9.17) is 15.5 Å². The first-order valence-corrected chi connectivity index (χ1v) is 7.05. The van der Waals surface area contributed by atoms with Gasteiger partial charge in [-0.05, 0) is 31.9 Å². The number of amidine groups is 1. The van der Waals surface area contributed by atoms with Crippen molar-refractivity contribution in [3.05, 3.63) is 18.2 Å². The van der Waals surface area contributed by atoms with Gasteiger partial charge in [0.25, 0.3) is 0 Å². The summed E-state index contributed by atoms with van der Waals surface area (Å²) in [7, 11) is 0. The van der Waals surface area contributed by atoms with Crippen LogP contribution in [0.5, 0.6) is 5.75 Å². The number of nitrogen functional groups attached to an aromatic ring is 1. The lowest BCUT2D eigenvalue weighted by molar-refractivity contribution is 0.253. The molecular weight excluding hydrogens is 238 g/mol. The first-order valence-electron chi connectivity index (χ1n) is 7.05. The Morgan fingerprint density at radius 1 is 1.26 bits per heavy atom. The van der Waals surface area contributed by atoms with Gasteiger partial charge in [-0.3, -0.25) is 0 Å². The largest absolute Gasteiger partial charge is 0.480 e. The van der Waals surface area contributed by atoms with Crippen molar-refractivity contribution in [3.63, 3.8) is 0 Å². The van der Waals surface area contributed by atoms with Gasteiger partial charge in [-0.25, -0.2) is 4.99 Å². The normalized spacial score (nSPS) is 17.4. The standard InChI is InChI=1S/C15H23N3O/c1-4-8-18(9-5-2)15-11(3)19-14-10-12(16)6-7-13(14)17-15/h6-7,10-11H,4-5,8-9,16H2,1-3H3. The van der Waals surface area contributed by atoms with Crippen LogP contribution in [0.1, 0.15) is 33.6 Å². The third-order valence-corrected chi connectivity index (χ3v) is 3.20. The summed E-state index contributed by atoms with van der Waals surface area (Å²) in [6.45, 7) is 8.46. The number of hydrogen-bond acceptors (Lipinski definition) is 4. The van der Waals surface area contributed by atoms with E-state index in [0.717, 1.165) is 43.2 Å². The molecule has 1 aromatic rings. The van der Waals surface area contributed by atoms with Crippen LogP contribution in [0.15, 0.2) is 23.2 Å². The van der Waals surface area contributed by atoms with Crippen molar-refractivity contribution in [2.45, 2.75) is 39.7 Å². The molecule has 0 radical (unpaired) electrons. The third-order valence-electron chi connectivity index (χ3n) is 3.20. The number of fused-ring (bicyclic) bond motifs is 1. The number of ether oxygens (including phenoxy) is 1. The molecule has 4 nitrogen and oxygen atoms in total. The lowest BCUT2D eigenvalue weighted by Gasteiger charge is -2.32. The molecule has 1 aliphatic rings. The summed E-state index contributed by atoms with van der Waals surface area (Å²) in [5.41, 5.74) is 7.36. The molecule has 2 rings (SSSR count). The predicted molar refractivity (Wildman–Crippen MR) is 80.2 cm³/mol. The zero-order valence-electron chi connectivity index (χ0n) is 12.0. The Balaban J connectivity index is 2.31. The summed E-state index contributed by atoms with van der Waals surface area (Å²) in [6, 6.07) is 5.63. The minimum absolute atomic E-state index is 0.0209. The molecule has 0 aliphatic carbocycles. The second-order valence-electron chi connectivity index (χ2n) is 4.94. The summed E-state index contributed by atoms with van der Waals surface area (Å²) < 4.78 is 5.95. The molecule has 4 heteroatoms. The molecule has 0 aromatic heterocycles. The summed E-state index contributed by atoms with van der Waals surface area (Å²) in [5.74, 6) is 1.81. The molecule has 0 saturated heterocycles. The number of nitrogens with two attached hydrogens (primary N) is 1. The summed E-state index contributed by atoms with van der Waals surface area (Å²) in [4.78, 5) is 7.09. The molecule has 0 bridgehead atoms. The molecule has 1 atom stereocenters. The maximum Gasteiger partial charge on any atom is 0.153 e. The van der Waals surface area contributed by atoms with Crippen LogP contribution < -0.4 is 10.5 Å². The third kappa shape index (κ3) is 3.00. The monoisotopic (exact) mass is 261 g/mol. The molecule has 2 N–H and O–H groups in total. The molecule has 104 valence electrons. The number of benzene rings is 1. The van der Waals surface area contributed by atoms with Crippen LogP contribution in [0.4, 0.5) is 11.4 Å². The second kappa shape index (κ2) is 5.95. The maximum atomic E-state index is 5.95. The lowest BCUT2D eigenvalue weighted by atomic mass is 10.2. The van der Waals surface area contributed by atoms with E-state index in [1.165, 1.54) is 0 Å². The van der Waals surface area contributed by atoms with Gasteiger partial charge < -0.3 is 15.4 Å². The SMILES string of the molecule is CCCN(CCC)C1=Nc2ccc(N)cc2OC1C. The van der Waals surface area contributed by atoms with Gasteiger partial charge in [0.05, 0.1) is 0 Å². The Kier molecular flexibility index (Phi) is 4.30. The number of aliphatic imine (C=N–C) groups is 1. The van der Waals surface area contributed by atoms with E-state index in [2.05, 4.69) is 18.7 Å². The number of nitrogens with zero attached hydrogens (tertiary/aromatic N) is 2. The topological polar surface area (TPSA) is 50.8 Å². The fraction of sp³-hybridized carbons (Fsp3) is 0.533. The van der Waals surface area contributed by atoms with Crippen LogP contribution in [0, 0.1) is 0 Å². The second-order valence-corrected chi connectivity index (χ2v) is 4.94. The van der Waals surface area contributed by atoms with Crippen molar-refractivity contribution in [2.75, 3.05) is 18.8 Å². The Morgan fingerprint density at radius 3 is 2.58 bits per heavy atom. The Morgan fingerprint density at radius 2 is 1.95 bits per heavy atom. The predicted octanol–water partition coefficient (Wildman–Crippen LogP) is 3.20. The highest BCUT2D eigenvalue weighted by atomic mass is 16.5. The van der Waals surface area contributed by atoms with E-state index >= 15 is 0 Å². The fourth-order valence-electron chi connectivity index (χ4n) is 2.38. The van der Waals surface area contributed by atoms with Gasteiger partial charge in [-0.1, -0.05) is 13.8 Å². The van der Waals surface area contributed by atoms with E-state index < -0.39 is 0 Å². The van der Waals surface area contributed by atoms with E-state index in [0.29, 0.717) is 5.69 Å². The van der Waals surface area contributed by atoms with Crippen LogP contribution in [0.25, 0.3) is 0 Å². The number of hydrogen-bond donors (Lipinski definition) is 1. The smallest absolute Gasteiger partial charge is 0.153 e. The van der Waals surface area contributed by atoms with Crippen LogP contribution >= 0.6 is 0 Å². The van der Waals surface area contributed by atoms with Crippen molar-refractivity contribution >= 4 is 17.2 Å². The van der Waals surface area contributed by atoms with Crippen molar-refractivity contribution in [1.29, 1.82) is 0 Å². The molecule has 0 saturated carbocycles. The van der Waals surface area contributed by atoms with E-state index in [9.17, 15) is 0 Å². The van der Waals surface area contributed by atoms with Crippen LogP contribution in [-0.2, 0) is 0 Å². The molecule has 0 fully saturated rings. The first kappa shape index (κ1) is 13.7. The highest BCUT2D eigenvalue weighted by Crippen LogP contribution is 2.34. The lowest BCUT2D eigenvalue weighted by Crippen LogP contribution is -2.42. The molecule has 0 amide bonds. The average Bonchev–Trinajstić information content (AvgIpc) is 2.37. The average molecular weight is 261 g/mol. The van der Waals surface area contributed by atoms with Gasteiger partial charge in [0, 0.05) is 24.8 Å². The van der Waals surface area contributed by atoms with Gasteiger partial charge in [0.2, 0.25) is 0 Å². The van der Waals surface area contributed by atoms with Gasteiger partial charge >= 0.3 is 0 Å². The summed E-state index contributed by atoms with van der Waals surface area (Å²) in [5, 5.41) is 0. The van der Waals surface area contributed by atoms with E-state index in [1.54, 1.807) is 0 Å². The minimum Gasteiger partial charge on any atom is -0.480 e. The van der Waals surface area contributed by atoms with E-state index in [-0.39, 0.29) is 6.10 Å². The molecular formula is C15H23N3O. The Bertz CT molecular complexity index is 464. The minimum atomic E-state index is -0.0209. The molecule has 1 aliphatic heterocycles. The molecule has 1 heterocycles. The number of anilines is 1. The molecule has 1 unspecified atom stereocenters. The van der Waals surface area contributed by atoms with E-state index in [1.807, 2.05) is 25.1 Å². The van der Waals surface area contributed by atoms with Gasteiger partial charge in [0.15, 0.2) is 6.10 Å². The van der Waals surface area contributed by atoms with Crippen molar-refractivity contribution in [1.82, 2.24) is 4.90 Å². The van der Waals surface area contributed by atoms with Crippen molar-refractivity contribution in [3.8, 4) is 5.75 Å². The van der Waals surface area contributed by atoms with Crippen LogP contribution in [0.2, 0.25) is 0 Å². The quantitative estimate of drug-likeness (QED) is 0.847. The van der Waals surface area contributed by atoms with Crippen molar-refractivity contribution < 1.29 is 4.74 Å². The van der Waals surface area contributed by atoms with Gasteiger partial charge in [0.1, 0.15) is 17.3 Å². The van der Waals surface area contributed by atoms with Gasteiger partial charge in [-0.15, -0.1) is 0 Å². The van der Waals surface area contributed by atoms with Crippen LogP contribution in [0.3, 0.4) is 0 Å².